The Bertz CT molecular complexity index is 572. The van der Waals surface area contributed by atoms with Gasteiger partial charge in [-0.2, -0.15) is 0 Å². The van der Waals surface area contributed by atoms with Crippen molar-refractivity contribution in [2.24, 2.45) is 0 Å². The lowest BCUT2D eigenvalue weighted by molar-refractivity contribution is 0.832. The fourth-order valence-electron chi connectivity index (χ4n) is 1.77. The fourth-order valence-corrected chi connectivity index (χ4v) is 1.95. The first kappa shape index (κ1) is 12.7. The summed E-state index contributed by atoms with van der Waals surface area (Å²) in [5.41, 5.74) is 3.07. The van der Waals surface area contributed by atoms with Crippen LogP contribution in [0.3, 0.4) is 0 Å². The van der Waals surface area contributed by atoms with E-state index in [-0.39, 0.29) is 0 Å². The van der Waals surface area contributed by atoms with Crippen molar-refractivity contribution in [3.63, 3.8) is 0 Å². The molecule has 1 N–H and O–H groups in total. The number of nitrogens with zero attached hydrogens (tertiary/aromatic N) is 2. The van der Waals surface area contributed by atoms with Gasteiger partial charge in [0.1, 0.15) is 0 Å². The van der Waals surface area contributed by atoms with E-state index in [1.54, 1.807) is 0 Å². The molecule has 1 aromatic carbocycles. The molecule has 0 saturated heterocycles. The minimum Gasteiger partial charge on any atom is -0.325 e. The minimum atomic E-state index is 0.710. The molecule has 0 atom stereocenters. The van der Waals surface area contributed by atoms with E-state index in [1.807, 2.05) is 48.9 Å². The second kappa shape index (κ2) is 5.27. The first-order chi connectivity index (χ1) is 8.60. The molecule has 0 amide bonds. The Morgan fingerprint density at radius 3 is 2.94 bits per heavy atom. The van der Waals surface area contributed by atoms with E-state index in [2.05, 4.69) is 16.9 Å². The predicted molar refractivity (Wildman–Crippen MR) is 76.6 cm³/mol. The van der Waals surface area contributed by atoms with E-state index in [9.17, 15) is 0 Å². The number of aromatic nitrogens is 2. The van der Waals surface area contributed by atoms with Gasteiger partial charge in [0.05, 0.1) is 5.69 Å². The highest BCUT2D eigenvalue weighted by atomic mass is 35.5. The lowest BCUT2D eigenvalue weighted by atomic mass is 10.2. The molecule has 0 spiro atoms. The lowest BCUT2D eigenvalue weighted by Gasteiger charge is -2.10. The molecule has 0 fully saturated rings. The third kappa shape index (κ3) is 2.74. The van der Waals surface area contributed by atoms with E-state index in [1.165, 1.54) is 0 Å². The molecular weight excluding hydrogens is 246 g/mol. The van der Waals surface area contributed by atoms with Gasteiger partial charge in [-0.15, -0.1) is 6.58 Å². The molecule has 3 nitrogen and oxygen atoms in total. The first-order valence-electron chi connectivity index (χ1n) is 5.78. The van der Waals surface area contributed by atoms with Crippen LogP contribution in [-0.2, 0) is 6.54 Å². The van der Waals surface area contributed by atoms with Gasteiger partial charge in [-0.25, -0.2) is 4.98 Å². The van der Waals surface area contributed by atoms with Crippen molar-refractivity contribution in [1.29, 1.82) is 0 Å². The third-order valence-corrected chi connectivity index (χ3v) is 2.90. The van der Waals surface area contributed by atoms with Gasteiger partial charge in [0, 0.05) is 23.5 Å². The predicted octanol–water partition coefficient (Wildman–Crippen LogP) is 4.08. The van der Waals surface area contributed by atoms with Crippen molar-refractivity contribution in [1.82, 2.24) is 9.55 Å². The summed E-state index contributed by atoms with van der Waals surface area (Å²) in [6.07, 6.45) is 3.83. The Morgan fingerprint density at radius 1 is 1.44 bits per heavy atom. The van der Waals surface area contributed by atoms with Crippen molar-refractivity contribution in [2.45, 2.75) is 20.4 Å². The van der Waals surface area contributed by atoms with Crippen molar-refractivity contribution in [3.05, 3.63) is 53.3 Å². The Morgan fingerprint density at radius 2 is 2.22 bits per heavy atom. The largest absolute Gasteiger partial charge is 0.325 e. The van der Waals surface area contributed by atoms with Crippen LogP contribution in [0.1, 0.15) is 11.3 Å². The number of nitrogens with one attached hydrogen (secondary N) is 1. The molecule has 2 rings (SSSR count). The molecule has 0 unspecified atom stereocenters. The summed E-state index contributed by atoms with van der Waals surface area (Å²) in [5, 5.41) is 4.02. The minimum absolute atomic E-state index is 0.710. The van der Waals surface area contributed by atoms with Crippen LogP contribution in [0, 0.1) is 13.8 Å². The number of anilines is 2. The molecule has 0 saturated carbocycles. The van der Waals surface area contributed by atoms with Gasteiger partial charge in [-0.3, -0.25) is 0 Å². The standard InChI is InChI=1S/C14H16ClN3/c1-4-7-18-9-11(3)16-14(18)17-13-8-12(15)6-5-10(13)2/h4-6,8-9H,1,7H2,2-3H3,(H,16,17). The Labute approximate surface area is 112 Å². The van der Waals surface area contributed by atoms with Gasteiger partial charge >= 0.3 is 0 Å². The number of halogens is 1. The molecule has 4 heteroatoms. The zero-order valence-electron chi connectivity index (χ0n) is 10.6. The summed E-state index contributed by atoms with van der Waals surface area (Å²) in [5.74, 6) is 0.803. The molecular formula is C14H16ClN3. The highest BCUT2D eigenvalue weighted by Gasteiger charge is 2.06. The normalized spacial score (nSPS) is 10.4. The smallest absolute Gasteiger partial charge is 0.207 e. The average molecular weight is 262 g/mol. The van der Waals surface area contributed by atoms with Gasteiger partial charge in [0.15, 0.2) is 0 Å². The van der Waals surface area contributed by atoms with Crippen LogP contribution >= 0.6 is 11.6 Å². The fraction of sp³-hybridized carbons (Fsp3) is 0.214. The zero-order chi connectivity index (χ0) is 13.1. The van der Waals surface area contributed by atoms with Crippen LogP contribution in [0.2, 0.25) is 5.02 Å². The van der Waals surface area contributed by atoms with Gasteiger partial charge in [-0.1, -0.05) is 23.7 Å². The van der Waals surface area contributed by atoms with Crippen molar-refractivity contribution >= 4 is 23.2 Å². The van der Waals surface area contributed by atoms with Gasteiger partial charge in [-0.05, 0) is 31.5 Å². The Kier molecular flexibility index (Phi) is 3.72. The Balaban J connectivity index is 2.33. The second-order valence-electron chi connectivity index (χ2n) is 4.23. The summed E-state index contributed by atoms with van der Waals surface area (Å²) < 4.78 is 2.02. The van der Waals surface area contributed by atoms with E-state index in [4.69, 9.17) is 11.6 Å². The van der Waals surface area contributed by atoms with Crippen molar-refractivity contribution in [2.75, 3.05) is 5.32 Å². The summed E-state index contributed by atoms with van der Waals surface area (Å²) in [6.45, 7) is 8.47. The molecule has 94 valence electrons. The monoisotopic (exact) mass is 261 g/mol. The molecule has 1 heterocycles. The van der Waals surface area contributed by atoms with Crippen LogP contribution in [0.25, 0.3) is 0 Å². The molecule has 0 aliphatic rings. The van der Waals surface area contributed by atoms with Crippen molar-refractivity contribution in [3.8, 4) is 0 Å². The number of benzene rings is 1. The summed E-state index contributed by atoms with van der Waals surface area (Å²) in [4.78, 5) is 4.46. The number of allylic oxidation sites excluding steroid dienone is 1. The molecule has 1 aromatic heterocycles. The molecule has 0 bridgehead atoms. The maximum Gasteiger partial charge on any atom is 0.207 e. The summed E-state index contributed by atoms with van der Waals surface area (Å²) >= 11 is 6.01. The quantitative estimate of drug-likeness (QED) is 0.841. The highest BCUT2D eigenvalue weighted by Crippen LogP contribution is 2.23. The topological polar surface area (TPSA) is 29.9 Å². The zero-order valence-corrected chi connectivity index (χ0v) is 11.3. The van der Waals surface area contributed by atoms with Gasteiger partial charge in [0.2, 0.25) is 5.95 Å². The van der Waals surface area contributed by atoms with Gasteiger partial charge < -0.3 is 9.88 Å². The third-order valence-electron chi connectivity index (χ3n) is 2.67. The van der Waals surface area contributed by atoms with Crippen LogP contribution in [0.15, 0.2) is 37.1 Å². The van der Waals surface area contributed by atoms with Gasteiger partial charge in [0.25, 0.3) is 0 Å². The Hall–Kier alpha value is -1.74. The summed E-state index contributed by atoms with van der Waals surface area (Å²) in [6, 6.07) is 5.76. The average Bonchev–Trinajstić information content (AvgIpc) is 2.65. The number of imidazole rings is 1. The number of aryl methyl sites for hydroxylation is 2. The highest BCUT2D eigenvalue weighted by molar-refractivity contribution is 6.30. The SMILES string of the molecule is C=CCn1cc(C)nc1Nc1cc(Cl)ccc1C. The number of hydrogen-bond donors (Lipinski definition) is 1. The maximum absolute atomic E-state index is 6.01. The van der Waals surface area contributed by atoms with Crippen molar-refractivity contribution < 1.29 is 0 Å². The van der Waals surface area contributed by atoms with Crippen LogP contribution in [-0.4, -0.2) is 9.55 Å². The maximum atomic E-state index is 6.01. The van der Waals surface area contributed by atoms with E-state index < -0.39 is 0 Å². The molecule has 0 aliphatic heterocycles. The molecule has 0 aliphatic carbocycles. The van der Waals surface area contributed by atoms with E-state index in [0.717, 1.165) is 29.4 Å². The van der Waals surface area contributed by atoms with Crippen LogP contribution < -0.4 is 5.32 Å². The van der Waals surface area contributed by atoms with Crippen LogP contribution in [0.4, 0.5) is 11.6 Å². The summed E-state index contributed by atoms with van der Waals surface area (Å²) in [7, 11) is 0. The number of rotatable bonds is 4. The first-order valence-corrected chi connectivity index (χ1v) is 6.16. The second-order valence-corrected chi connectivity index (χ2v) is 4.67. The van der Waals surface area contributed by atoms with E-state index >= 15 is 0 Å². The van der Waals surface area contributed by atoms with E-state index in [0.29, 0.717) is 5.02 Å². The van der Waals surface area contributed by atoms with Crippen LogP contribution in [0.5, 0.6) is 0 Å². The lowest BCUT2D eigenvalue weighted by Crippen LogP contribution is -2.02. The molecule has 0 radical (unpaired) electrons. The number of hydrogen-bond acceptors (Lipinski definition) is 2. The molecule has 18 heavy (non-hydrogen) atoms. The molecule has 2 aromatic rings.